The molecule has 0 aromatic rings. The molecule has 0 amide bonds. The van der Waals surface area contributed by atoms with Crippen molar-refractivity contribution in [2.45, 2.75) is 71.1 Å². The Balaban J connectivity index is 3.25. The fourth-order valence-electron chi connectivity index (χ4n) is 1.92. The second kappa shape index (κ2) is 12.6. The molecule has 0 bridgehead atoms. The molecule has 0 radical (unpaired) electrons. The zero-order valence-electron chi connectivity index (χ0n) is 12.1. The van der Waals surface area contributed by atoms with Crippen LogP contribution < -0.4 is 5.90 Å². The van der Waals surface area contributed by atoms with Crippen LogP contribution in [-0.2, 0) is 14.4 Å². The van der Waals surface area contributed by atoms with Crippen LogP contribution in [0.3, 0.4) is 0 Å². The van der Waals surface area contributed by atoms with Crippen LogP contribution in [0.4, 0.5) is 0 Å². The van der Waals surface area contributed by atoms with Crippen LogP contribution >= 0.6 is 0 Å². The van der Waals surface area contributed by atoms with Crippen LogP contribution in [0, 0.1) is 0 Å². The maximum atomic E-state index is 10.9. The maximum absolute atomic E-state index is 10.9. The first-order chi connectivity index (χ1) is 9.12. The number of unbranched alkanes of at least 4 members (excludes halogenated alkanes) is 9. The van der Waals surface area contributed by atoms with Gasteiger partial charge in [0.1, 0.15) is 0 Å². The van der Waals surface area contributed by atoms with Crippen molar-refractivity contribution in [3.8, 4) is 0 Å². The van der Waals surface area contributed by atoms with E-state index < -0.39 is 10.1 Å². The van der Waals surface area contributed by atoms with Gasteiger partial charge in [-0.1, -0.05) is 70.4 Å². The number of hydrogen-bond acceptors (Lipinski definition) is 4. The molecule has 0 spiro atoms. The molecule has 0 aliphatic carbocycles. The normalized spacial score (nSPS) is 12.3. The van der Waals surface area contributed by atoms with Gasteiger partial charge in [0.25, 0.3) is 10.1 Å². The molecule has 0 aliphatic rings. The highest BCUT2D eigenvalue weighted by Crippen LogP contribution is 2.10. The molecule has 0 saturated heterocycles. The molecular formula is C14H29NO3S. The van der Waals surface area contributed by atoms with Gasteiger partial charge in [-0.2, -0.15) is 18.6 Å². The van der Waals surface area contributed by atoms with Crippen molar-refractivity contribution in [1.82, 2.24) is 0 Å². The lowest BCUT2D eigenvalue weighted by Crippen LogP contribution is -2.13. The predicted molar refractivity (Wildman–Crippen MR) is 80.0 cm³/mol. The lowest BCUT2D eigenvalue weighted by molar-refractivity contribution is 0.335. The quantitative estimate of drug-likeness (QED) is 0.319. The number of nitrogens with two attached hydrogens (primary N) is 1. The first-order valence-electron chi connectivity index (χ1n) is 7.38. The van der Waals surface area contributed by atoms with E-state index in [4.69, 9.17) is 0 Å². The Morgan fingerprint density at radius 1 is 0.895 bits per heavy atom. The minimum absolute atomic E-state index is 0.138. The summed E-state index contributed by atoms with van der Waals surface area (Å²) in [6, 6.07) is 0. The summed E-state index contributed by atoms with van der Waals surface area (Å²) in [7, 11) is -3.54. The fraction of sp³-hybridized carbons (Fsp3) is 0.857. The summed E-state index contributed by atoms with van der Waals surface area (Å²) in [5, 5.41) is 0. The van der Waals surface area contributed by atoms with Crippen molar-refractivity contribution in [3.05, 3.63) is 12.2 Å². The molecular weight excluding hydrogens is 262 g/mol. The van der Waals surface area contributed by atoms with Crippen LogP contribution in [0.25, 0.3) is 0 Å². The Morgan fingerprint density at radius 3 is 1.95 bits per heavy atom. The van der Waals surface area contributed by atoms with Crippen molar-refractivity contribution in [1.29, 1.82) is 0 Å². The van der Waals surface area contributed by atoms with E-state index in [0.717, 1.165) is 12.8 Å². The van der Waals surface area contributed by atoms with Gasteiger partial charge >= 0.3 is 0 Å². The van der Waals surface area contributed by atoms with E-state index in [1.165, 1.54) is 51.4 Å². The molecule has 5 heteroatoms. The lowest BCUT2D eigenvalue weighted by Gasteiger charge is -2.00. The topological polar surface area (TPSA) is 69.4 Å². The van der Waals surface area contributed by atoms with Gasteiger partial charge in [0.2, 0.25) is 0 Å². The highest BCUT2D eigenvalue weighted by Gasteiger charge is 2.04. The zero-order valence-corrected chi connectivity index (χ0v) is 13.0. The highest BCUT2D eigenvalue weighted by atomic mass is 32.2. The first-order valence-corrected chi connectivity index (χ1v) is 8.96. The van der Waals surface area contributed by atoms with Gasteiger partial charge in [-0.3, -0.25) is 0 Å². The van der Waals surface area contributed by atoms with E-state index >= 15 is 0 Å². The van der Waals surface area contributed by atoms with E-state index in [1.807, 2.05) is 6.08 Å². The standard InChI is InChI=1S/C14H29NO3S/c1-2-3-4-5-6-7-8-9-10-11-12-13-14-19(16,17)18-15/h12-13H,2-11,14-15H2,1H3/b13-12+. The molecule has 2 N–H and O–H groups in total. The largest absolute Gasteiger partial charge is 0.286 e. The van der Waals surface area contributed by atoms with Crippen LogP contribution in [0.15, 0.2) is 12.2 Å². The molecule has 4 nitrogen and oxygen atoms in total. The average Bonchev–Trinajstić information content (AvgIpc) is 2.40. The molecule has 0 aromatic heterocycles. The molecule has 19 heavy (non-hydrogen) atoms. The Bertz CT molecular complexity index is 313. The Labute approximate surface area is 118 Å². The van der Waals surface area contributed by atoms with Gasteiger partial charge < -0.3 is 0 Å². The molecule has 0 rings (SSSR count). The summed E-state index contributed by atoms with van der Waals surface area (Å²) in [6.45, 7) is 2.23. The van der Waals surface area contributed by atoms with Crippen LogP contribution in [-0.4, -0.2) is 14.2 Å². The summed E-state index contributed by atoms with van der Waals surface area (Å²) in [6.07, 6.45) is 16.1. The van der Waals surface area contributed by atoms with Crippen LogP contribution in [0.2, 0.25) is 0 Å². The van der Waals surface area contributed by atoms with Crippen LogP contribution in [0.5, 0.6) is 0 Å². The van der Waals surface area contributed by atoms with Gasteiger partial charge in [-0.15, -0.1) is 0 Å². The minimum Gasteiger partial charge on any atom is -0.198 e. The summed E-state index contributed by atoms with van der Waals surface area (Å²) in [5.41, 5.74) is 0. The summed E-state index contributed by atoms with van der Waals surface area (Å²) >= 11 is 0. The third-order valence-corrected chi connectivity index (χ3v) is 3.98. The fourth-order valence-corrected chi connectivity index (χ4v) is 2.37. The third-order valence-electron chi connectivity index (χ3n) is 3.09. The van der Waals surface area contributed by atoms with Crippen molar-refractivity contribution in [2.75, 3.05) is 5.75 Å². The number of allylic oxidation sites excluding steroid dienone is 1. The van der Waals surface area contributed by atoms with Gasteiger partial charge in [0.15, 0.2) is 0 Å². The van der Waals surface area contributed by atoms with Crippen molar-refractivity contribution in [3.63, 3.8) is 0 Å². The molecule has 0 atom stereocenters. The van der Waals surface area contributed by atoms with E-state index in [2.05, 4.69) is 17.1 Å². The maximum Gasteiger partial charge on any atom is 0.286 e. The lowest BCUT2D eigenvalue weighted by atomic mass is 10.1. The Hall–Kier alpha value is -0.390. The van der Waals surface area contributed by atoms with Crippen molar-refractivity contribution < 1.29 is 12.7 Å². The molecule has 0 unspecified atom stereocenters. The molecule has 0 aromatic carbocycles. The molecule has 0 heterocycles. The average molecular weight is 291 g/mol. The molecule has 0 fully saturated rings. The summed E-state index contributed by atoms with van der Waals surface area (Å²) in [5.74, 6) is 4.49. The number of rotatable bonds is 13. The van der Waals surface area contributed by atoms with Gasteiger partial charge in [-0.25, -0.2) is 0 Å². The molecule has 114 valence electrons. The van der Waals surface area contributed by atoms with Crippen molar-refractivity contribution >= 4 is 10.1 Å². The zero-order chi connectivity index (χ0) is 14.4. The summed E-state index contributed by atoms with van der Waals surface area (Å²) in [4.78, 5) is 0. The van der Waals surface area contributed by atoms with E-state index in [9.17, 15) is 8.42 Å². The monoisotopic (exact) mass is 291 g/mol. The van der Waals surface area contributed by atoms with E-state index in [-0.39, 0.29) is 5.75 Å². The molecule has 0 saturated carbocycles. The van der Waals surface area contributed by atoms with Crippen molar-refractivity contribution in [2.24, 2.45) is 5.90 Å². The second-order valence-corrected chi connectivity index (χ2v) is 6.55. The second-order valence-electron chi connectivity index (χ2n) is 4.91. The SMILES string of the molecule is CCCCCCCCCCC/C=C/CS(=O)(=O)ON. The van der Waals surface area contributed by atoms with Gasteiger partial charge in [0, 0.05) is 0 Å². The van der Waals surface area contributed by atoms with Crippen LogP contribution in [0.1, 0.15) is 71.1 Å². The number of hydrogen-bond donors (Lipinski definition) is 1. The predicted octanol–water partition coefficient (Wildman–Crippen LogP) is 3.68. The van der Waals surface area contributed by atoms with E-state index in [1.54, 1.807) is 6.08 Å². The first kappa shape index (κ1) is 18.6. The Morgan fingerprint density at radius 2 is 1.42 bits per heavy atom. The smallest absolute Gasteiger partial charge is 0.198 e. The van der Waals surface area contributed by atoms with Gasteiger partial charge in [0.05, 0.1) is 5.75 Å². The third kappa shape index (κ3) is 13.8. The van der Waals surface area contributed by atoms with Gasteiger partial charge in [-0.05, 0) is 12.8 Å². The molecule has 0 aliphatic heterocycles. The van der Waals surface area contributed by atoms with E-state index in [0.29, 0.717) is 0 Å². The minimum atomic E-state index is -3.54. The highest BCUT2D eigenvalue weighted by molar-refractivity contribution is 7.86. The summed E-state index contributed by atoms with van der Waals surface area (Å²) < 4.78 is 25.6. The Kier molecular flexibility index (Phi) is 12.4.